The maximum absolute atomic E-state index is 12.2. The van der Waals surface area contributed by atoms with Gasteiger partial charge in [0.1, 0.15) is 10.7 Å². The van der Waals surface area contributed by atoms with Crippen molar-refractivity contribution in [3.05, 3.63) is 27.1 Å². The van der Waals surface area contributed by atoms with Crippen LogP contribution in [0.5, 0.6) is 0 Å². The zero-order chi connectivity index (χ0) is 15.0. The van der Waals surface area contributed by atoms with Crippen LogP contribution in [0.2, 0.25) is 0 Å². The zero-order valence-electron chi connectivity index (χ0n) is 12.8. The van der Waals surface area contributed by atoms with Crippen molar-refractivity contribution in [1.29, 1.82) is 0 Å². The fraction of sp³-hybridized carbons (Fsp3) is 0.600. The minimum Gasteiger partial charge on any atom is -0.309 e. The second kappa shape index (κ2) is 5.87. The number of H-pyrrole nitrogens is 1. The summed E-state index contributed by atoms with van der Waals surface area (Å²) in [6.07, 6.45) is 0. The third kappa shape index (κ3) is 3.17. The van der Waals surface area contributed by atoms with E-state index in [4.69, 9.17) is 0 Å². The van der Waals surface area contributed by atoms with Gasteiger partial charge in [0, 0.05) is 31.1 Å². The molecule has 0 atom stereocenters. The van der Waals surface area contributed by atoms with E-state index in [0.717, 1.165) is 48.8 Å². The lowest BCUT2D eigenvalue weighted by Crippen LogP contribution is -2.44. The van der Waals surface area contributed by atoms with E-state index in [1.165, 1.54) is 4.88 Å². The number of hydrogen-bond donors (Lipinski definition) is 1. The summed E-state index contributed by atoms with van der Waals surface area (Å²) in [5.41, 5.74) is -0.00715. The van der Waals surface area contributed by atoms with Gasteiger partial charge in [-0.2, -0.15) is 0 Å². The maximum Gasteiger partial charge on any atom is 0.259 e. The van der Waals surface area contributed by atoms with Crippen molar-refractivity contribution in [2.45, 2.75) is 26.3 Å². The molecule has 3 rings (SSSR count). The van der Waals surface area contributed by atoms with Gasteiger partial charge < -0.3 is 9.88 Å². The van der Waals surface area contributed by atoms with Crippen LogP contribution in [0.15, 0.2) is 10.9 Å². The maximum atomic E-state index is 12.2. The van der Waals surface area contributed by atoms with Gasteiger partial charge in [0.2, 0.25) is 0 Å². The van der Waals surface area contributed by atoms with Gasteiger partial charge in [-0.3, -0.25) is 9.69 Å². The lowest BCUT2D eigenvalue weighted by atomic mass is 10.2. The quantitative estimate of drug-likeness (QED) is 0.940. The molecule has 0 aliphatic carbocycles. The Morgan fingerprint density at radius 1 is 1.33 bits per heavy atom. The monoisotopic (exact) mass is 306 g/mol. The molecule has 5 nitrogen and oxygen atoms in total. The van der Waals surface area contributed by atoms with E-state index in [0.29, 0.717) is 5.92 Å². The molecule has 0 spiro atoms. The molecule has 1 aliphatic rings. The van der Waals surface area contributed by atoms with Gasteiger partial charge in [-0.1, -0.05) is 13.8 Å². The molecule has 0 radical (unpaired) electrons. The third-order valence-corrected chi connectivity index (χ3v) is 5.34. The Morgan fingerprint density at radius 3 is 2.71 bits per heavy atom. The minimum absolute atomic E-state index is 0.00715. The number of thiophene rings is 1. The number of fused-ring (bicyclic) bond motifs is 1. The molecule has 0 saturated carbocycles. The van der Waals surface area contributed by atoms with E-state index in [1.54, 1.807) is 11.3 Å². The fourth-order valence-corrected chi connectivity index (χ4v) is 3.63. The summed E-state index contributed by atoms with van der Waals surface area (Å²) in [6, 6.07) is 1.98. The molecule has 6 heteroatoms. The van der Waals surface area contributed by atoms with E-state index in [2.05, 4.69) is 40.7 Å². The van der Waals surface area contributed by atoms with E-state index in [-0.39, 0.29) is 5.56 Å². The molecule has 1 aliphatic heterocycles. The van der Waals surface area contributed by atoms with Crippen LogP contribution in [-0.4, -0.2) is 53.0 Å². The normalized spacial score (nSPS) is 17.9. The van der Waals surface area contributed by atoms with Crippen LogP contribution in [-0.2, 0) is 6.54 Å². The fourth-order valence-electron chi connectivity index (χ4n) is 2.57. The highest BCUT2D eigenvalue weighted by molar-refractivity contribution is 7.18. The van der Waals surface area contributed by atoms with Crippen molar-refractivity contribution in [2.24, 2.45) is 0 Å². The van der Waals surface area contributed by atoms with Crippen molar-refractivity contribution in [1.82, 2.24) is 19.8 Å². The highest BCUT2D eigenvalue weighted by Gasteiger charge is 2.16. The Morgan fingerprint density at radius 2 is 2.05 bits per heavy atom. The number of aromatic amines is 1. The number of rotatable bonds is 3. The van der Waals surface area contributed by atoms with Gasteiger partial charge in [0.25, 0.3) is 5.56 Å². The SMILES string of the molecule is CC(C)c1cc2c(=O)[nH]c(CN3CCN(C)CC3)nc2s1. The topological polar surface area (TPSA) is 52.2 Å². The van der Waals surface area contributed by atoms with Crippen LogP contribution < -0.4 is 5.56 Å². The molecule has 1 saturated heterocycles. The Kier molecular flexibility index (Phi) is 4.10. The minimum atomic E-state index is -0.00715. The second-order valence-corrected chi connectivity index (χ2v) is 7.18. The number of likely N-dealkylation sites (N-methyl/N-ethyl adjacent to an activating group) is 1. The van der Waals surface area contributed by atoms with E-state index in [1.807, 2.05) is 6.07 Å². The molecular formula is C15H22N4OS. The second-order valence-electron chi connectivity index (χ2n) is 6.11. The molecule has 0 bridgehead atoms. The predicted octanol–water partition coefficient (Wildman–Crippen LogP) is 1.86. The number of aromatic nitrogens is 2. The van der Waals surface area contributed by atoms with E-state index in [9.17, 15) is 4.79 Å². The molecule has 0 unspecified atom stereocenters. The molecule has 3 heterocycles. The number of piperazine rings is 1. The van der Waals surface area contributed by atoms with Crippen LogP contribution in [0, 0.1) is 0 Å². The molecule has 21 heavy (non-hydrogen) atoms. The third-order valence-electron chi connectivity index (χ3n) is 4.01. The standard InChI is InChI=1S/C15H22N4OS/c1-10(2)12-8-11-14(20)16-13(17-15(11)21-12)9-19-6-4-18(3)5-7-19/h8,10H,4-7,9H2,1-3H3,(H,16,17,20). The predicted molar refractivity (Wildman–Crippen MR) is 87.1 cm³/mol. The average molecular weight is 306 g/mol. The molecular weight excluding hydrogens is 284 g/mol. The molecule has 1 N–H and O–H groups in total. The summed E-state index contributed by atoms with van der Waals surface area (Å²) in [4.78, 5) is 26.6. The molecule has 2 aromatic rings. The molecule has 1 fully saturated rings. The van der Waals surface area contributed by atoms with Crippen LogP contribution in [0.1, 0.15) is 30.5 Å². The Bertz CT molecular complexity index is 683. The first-order valence-corrected chi connectivity index (χ1v) is 8.28. The van der Waals surface area contributed by atoms with Crippen molar-refractivity contribution in [3.8, 4) is 0 Å². The van der Waals surface area contributed by atoms with Crippen LogP contribution in [0.3, 0.4) is 0 Å². The summed E-state index contributed by atoms with van der Waals surface area (Å²) in [6.45, 7) is 9.22. The Hall–Kier alpha value is -1.24. The number of nitrogens with one attached hydrogen (secondary N) is 1. The zero-order valence-corrected chi connectivity index (χ0v) is 13.7. The van der Waals surface area contributed by atoms with Gasteiger partial charge in [-0.25, -0.2) is 4.98 Å². The average Bonchev–Trinajstić information content (AvgIpc) is 2.86. The first kappa shape index (κ1) is 14.7. The van der Waals surface area contributed by atoms with Gasteiger partial charge in [-0.05, 0) is 19.0 Å². The van der Waals surface area contributed by atoms with E-state index >= 15 is 0 Å². The van der Waals surface area contributed by atoms with Crippen molar-refractivity contribution in [2.75, 3.05) is 33.2 Å². The highest BCUT2D eigenvalue weighted by atomic mass is 32.1. The Labute approximate surface area is 128 Å². The summed E-state index contributed by atoms with van der Waals surface area (Å²) < 4.78 is 0. The smallest absolute Gasteiger partial charge is 0.259 e. The van der Waals surface area contributed by atoms with Crippen LogP contribution in [0.4, 0.5) is 0 Å². The van der Waals surface area contributed by atoms with Gasteiger partial charge in [0.05, 0.1) is 11.9 Å². The van der Waals surface area contributed by atoms with Crippen molar-refractivity contribution < 1.29 is 0 Å². The summed E-state index contributed by atoms with van der Waals surface area (Å²) in [5, 5.41) is 0.728. The van der Waals surface area contributed by atoms with Crippen LogP contribution in [0.25, 0.3) is 10.2 Å². The van der Waals surface area contributed by atoms with Crippen molar-refractivity contribution >= 4 is 21.6 Å². The van der Waals surface area contributed by atoms with Gasteiger partial charge in [0.15, 0.2) is 0 Å². The first-order valence-electron chi connectivity index (χ1n) is 7.46. The molecule has 114 valence electrons. The highest BCUT2D eigenvalue weighted by Crippen LogP contribution is 2.27. The molecule has 2 aromatic heterocycles. The molecule has 0 amide bonds. The van der Waals surface area contributed by atoms with Gasteiger partial charge >= 0.3 is 0 Å². The van der Waals surface area contributed by atoms with Crippen LogP contribution >= 0.6 is 11.3 Å². The number of nitrogens with zero attached hydrogens (tertiary/aromatic N) is 3. The largest absolute Gasteiger partial charge is 0.309 e. The lowest BCUT2D eigenvalue weighted by molar-refractivity contribution is 0.145. The molecule has 0 aromatic carbocycles. The van der Waals surface area contributed by atoms with Gasteiger partial charge in [-0.15, -0.1) is 11.3 Å². The first-order chi connectivity index (χ1) is 10.0. The summed E-state index contributed by atoms with van der Waals surface area (Å²) in [7, 11) is 2.14. The summed E-state index contributed by atoms with van der Waals surface area (Å²) in [5.74, 6) is 1.22. The lowest BCUT2D eigenvalue weighted by Gasteiger charge is -2.31. The van der Waals surface area contributed by atoms with Crippen molar-refractivity contribution in [3.63, 3.8) is 0 Å². The summed E-state index contributed by atoms with van der Waals surface area (Å²) >= 11 is 1.64. The number of hydrogen-bond acceptors (Lipinski definition) is 5. The Balaban J connectivity index is 1.84. The van der Waals surface area contributed by atoms with E-state index < -0.39 is 0 Å².